The van der Waals surface area contributed by atoms with Crippen molar-refractivity contribution in [3.63, 3.8) is 0 Å². The van der Waals surface area contributed by atoms with Gasteiger partial charge in [0.05, 0.1) is 0 Å². The van der Waals surface area contributed by atoms with Gasteiger partial charge < -0.3 is 37.0 Å². The molecule has 0 unspecified atom stereocenters. The Kier molecular flexibility index (Phi) is 44.5. The maximum atomic E-state index is 6.46. The predicted molar refractivity (Wildman–Crippen MR) is 498 cm³/mol. The minimum atomic E-state index is -1.54. The zero-order valence-corrected chi connectivity index (χ0v) is 93.2. The fourth-order valence-corrected chi connectivity index (χ4v) is 85.4. The molecule has 27 heteroatoms. The molecule has 0 aliphatic heterocycles. The van der Waals surface area contributed by atoms with Crippen LogP contribution < -0.4 is 0 Å². The summed E-state index contributed by atoms with van der Waals surface area (Å²) in [6, 6.07) is 28.5. The van der Waals surface area contributed by atoms with Crippen molar-refractivity contribution < 1.29 is 37.0 Å². The summed E-state index contributed by atoms with van der Waals surface area (Å²) in [5.74, 6) is 0. The first kappa shape index (κ1) is 105. The molecular weight excluding hydrogens is 1510 g/mol. The molecule has 99 heavy (non-hydrogen) atoms. The Labute approximate surface area is 640 Å². The van der Waals surface area contributed by atoms with Crippen molar-refractivity contribution in [3.05, 3.63) is 70.8 Å². The van der Waals surface area contributed by atoms with Gasteiger partial charge in [0.1, 0.15) is 0 Å². The molecule has 0 saturated carbocycles. The van der Waals surface area contributed by atoms with Crippen LogP contribution >= 0.6 is 0 Å². The quantitative estimate of drug-likeness (QED) is 0.0611. The molecule has 0 saturated heterocycles. The fraction of sp³-hybridized carbons (Fsp3) is 0.833. The Morgan fingerprint density at radius 3 is 0.343 bits per heavy atom. The molecule has 0 atom stereocenters. The highest BCUT2D eigenvalue weighted by Crippen LogP contribution is 2.30. The van der Waals surface area contributed by atoms with E-state index in [1.165, 1.54) is 83.4 Å². The minimum absolute atomic E-state index is 1.14. The van der Waals surface area contributed by atoms with Crippen molar-refractivity contribution in [1.82, 2.24) is 0 Å². The van der Waals surface area contributed by atoms with Crippen LogP contribution in [0.25, 0.3) is 0 Å². The average Bonchev–Trinajstić information content (AvgIpc) is 0.882. The summed E-state index contributed by atoms with van der Waals surface area (Å²) in [7, 11) is -25.7. The van der Waals surface area contributed by atoms with Gasteiger partial charge in [-0.15, -0.1) is 0 Å². The number of hydrogen-bond donors (Lipinski definition) is 0. The third-order valence-corrected chi connectivity index (χ3v) is 68.7. The second-order valence-electron chi connectivity index (χ2n) is 43.5. The second-order valence-corrected chi connectivity index (χ2v) is 125. The van der Waals surface area contributed by atoms with Crippen molar-refractivity contribution in [2.45, 2.75) is 388 Å². The Morgan fingerprint density at radius 1 is 0.152 bits per heavy atom. The Morgan fingerprint density at radius 2 is 0.253 bits per heavy atom. The Balaban J connectivity index is -0.00000120. The topological polar surface area (TPSA) is 83.1 Å². The van der Waals surface area contributed by atoms with Gasteiger partial charge in [-0.3, -0.25) is 0 Å². The van der Waals surface area contributed by atoms with Crippen molar-refractivity contribution in [2.75, 3.05) is 0 Å². The van der Waals surface area contributed by atoms with Gasteiger partial charge in [0.25, 0.3) is 0 Å². The van der Waals surface area contributed by atoms with E-state index in [0.29, 0.717) is 0 Å². The summed E-state index contributed by atoms with van der Waals surface area (Å²) in [6.45, 7) is 107. The molecule has 0 amide bonds. The van der Waals surface area contributed by atoms with E-state index in [2.05, 4.69) is 350 Å². The number of aryl methyl sites for hydroxylation is 4. The smallest absolute Gasteiger partial charge is 0.173 e. The summed E-state index contributed by atoms with van der Waals surface area (Å²) in [5.41, 5.74) is 5.79. The van der Waals surface area contributed by atoms with Crippen molar-refractivity contribution in [1.29, 1.82) is 0 Å². The van der Waals surface area contributed by atoms with Crippen LogP contribution in [0.15, 0.2) is 48.5 Å². The van der Waals surface area contributed by atoms with Crippen molar-refractivity contribution >= 4 is 150 Å². The van der Waals surface area contributed by atoms with E-state index < -0.39 is 150 Å². The molecule has 0 radical (unpaired) electrons. The Hall–Kier alpha value is 1.98. The minimum Gasteiger partial charge on any atom is -0.456 e. The largest absolute Gasteiger partial charge is 0.456 e. The zero-order valence-electron chi connectivity index (χ0n) is 75.2. The van der Waals surface area contributed by atoms with Gasteiger partial charge in [-0.1, -0.05) is 61.4 Å². The molecule has 0 bridgehead atoms. The lowest BCUT2D eigenvalue weighted by Gasteiger charge is -2.34. The molecule has 0 aromatic heterocycles. The molecule has 0 spiro atoms. The van der Waals surface area contributed by atoms with Gasteiger partial charge in [-0.2, -0.15) is 0 Å². The van der Waals surface area contributed by atoms with E-state index in [4.69, 9.17) is 37.0 Å². The van der Waals surface area contributed by atoms with E-state index in [0.717, 1.165) is 25.7 Å². The summed E-state index contributed by atoms with van der Waals surface area (Å²) in [5, 5.41) is 0. The molecule has 0 aliphatic carbocycles. The highest BCUT2D eigenvalue weighted by Gasteiger charge is 2.37. The van der Waals surface area contributed by atoms with Crippen molar-refractivity contribution in [3.8, 4) is 0 Å². The maximum Gasteiger partial charge on any atom is 0.173 e. The van der Waals surface area contributed by atoms with Crippen LogP contribution in [-0.4, -0.2) is 150 Å². The van der Waals surface area contributed by atoms with Gasteiger partial charge in [-0.25, -0.2) is 0 Å². The first-order chi connectivity index (χ1) is 43.1. The summed E-state index contributed by atoms with van der Waals surface area (Å²) >= 11 is 0. The van der Waals surface area contributed by atoms with Crippen LogP contribution in [0.1, 0.15) is 35.1 Å². The van der Waals surface area contributed by atoms with Gasteiger partial charge in [0, 0.05) is 0 Å². The normalized spacial score (nSPS) is 14.3. The second kappa shape index (κ2) is 41.9. The number of benzene rings is 2. The van der Waals surface area contributed by atoms with Crippen LogP contribution in [0.2, 0.25) is 350 Å². The van der Waals surface area contributed by atoms with Crippen LogP contribution in [-0.2, 0) is 62.7 Å². The van der Waals surface area contributed by atoms with Crippen LogP contribution in [0.4, 0.5) is 0 Å². The first-order valence-electron chi connectivity index (χ1n) is 38.6. The lowest BCUT2D eigenvalue weighted by Crippen LogP contribution is -2.44. The molecule has 588 valence electrons. The lowest BCUT2D eigenvalue weighted by molar-refractivity contribution is 0.532. The summed E-state index contributed by atoms with van der Waals surface area (Å²) in [4.78, 5) is 0. The third-order valence-electron chi connectivity index (χ3n) is 14.5. The SMILES string of the molecule is C[Si](C)(C)O[Si](C)(C)C.C[Si](C)(C)O[Si](C)(C)CCC[Si](C)(C)O[Si](C)(C)C.C[Si](C)(C)O[Si](C)(C)CCC[Si](C)(C)O[Si](C)(C)C.C[Si](C)(C)O[Si](C)(C)CCc1ccc(CC[Si](C)(C)O[Si](C)(C)C)cc1.C[Si](C)(C)O[Si](C)(C)CCc1ccc(CC[Si](C)(C)O[Si](C)(C)C)cc1. The van der Waals surface area contributed by atoms with E-state index in [1.54, 1.807) is 0 Å². The average molecular weight is 1690 g/mol. The number of rotatable bonds is 38. The van der Waals surface area contributed by atoms with Crippen LogP contribution in [0, 0.1) is 0 Å². The molecule has 9 nitrogen and oxygen atoms in total. The van der Waals surface area contributed by atoms with Crippen LogP contribution in [0.3, 0.4) is 0 Å². The monoisotopic (exact) mass is 1690 g/mol. The summed E-state index contributed by atoms with van der Waals surface area (Å²) < 4.78 is 57.3. The molecule has 0 aliphatic rings. The Bertz CT molecular complexity index is 2180. The summed E-state index contributed by atoms with van der Waals surface area (Å²) in [6.07, 6.45) is 7.14. The van der Waals surface area contributed by atoms with Crippen molar-refractivity contribution in [2.24, 2.45) is 0 Å². The molecule has 0 N–H and O–H groups in total. The highest BCUT2D eigenvalue weighted by atomic mass is 28.5. The molecule has 2 aromatic carbocycles. The lowest BCUT2D eigenvalue weighted by atomic mass is 10.1. The van der Waals surface area contributed by atoms with Crippen LogP contribution in [0.5, 0.6) is 0 Å². The highest BCUT2D eigenvalue weighted by molar-refractivity contribution is 6.89. The van der Waals surface area contributed by atoms with Gasteiger partial charge in [-0.05, 0) is 397 Å². The van der Waals surface area contributed by atoms with E-state index in [1.807, 2.05) is 0 Å². The maximum absolute atomic E-state index is 6.46. The molecule has 0 fully saturated rings. The van der Waals surface area contributed by atoms with Gasteiger partial charge in [0.15, 0.2) is 150 Å². The van der Waals surface area contributed by atoms with E-state index >= 15 is 0 Å². The first-order valence-corrected chi connectivity index (χ1v) is 97.6. The van der Waals surface area contributed by atoms with Gasteiger partial charge >= 0.3 is 0 Å². The predicted octanol–water partition coefficient (Wildman–Crippen LogP) is 27.4. The third kappa shape index (κ3) is 71.4. The van der Waals surface area contributed by atoms with E-state index in [-0.39, 0.29) is 0 Å². The molecule has 2 rings (SSSR count). The van der Waals surface area contributed by atoms with E-state index in [9.17, 15) is 0 Å². The molecular formula is C72H174O9Si18. The fourth-order valence-electron chi connectivity index (χ4n) is 13.4. The van der Waals surface area contributed by atoms with Gasteiger partial charge in [0.2, 0.25) is 0 Å². The molecule has 0 heterocycles. The standard InChI is InChI=1S/2C20H42O2Si4.2C13H36O2Si4.C6H18OSi2/c2*1-23(2,3)21-25(7,8)17-15-19-11-13-20(14-12-19)16-18-26(9,10)22-24(4,5)6;2*1-16(2,3)14-18(7,8)12-11-13-19(9,10)15-17(4,5)6;1-8(2,3)7-9(4,5)6/h2*11-14H,15-18H2,1-10H3;2*11-13H2,1-10H3;1-6H3. The zero-order chi connectivity index (χ0) is 79.2. The molecule has 2 aromatic rings. The number of hydrogen-bond acceptors (Lipinski definition) is 9.